The molecule has 1 aliphatic heterocycles. The van der Waals surface area contributed by atoms with Crippen molar-refractivity contribution in [2.45, 2.75) is 19.0 Å². The summed E-state index contributed by atoms with van der Waals surface area (Å²) < 4.78 is 14.0. The zero-order chi connectivity index (χ0) is 16.5. The van der Waals surface area contributed by atoms with E-state index < -0.39 is 0 Å². The second-order valence-electron chi connectivity index (χ2n) is 6.22. The third kappa shape index (κ3) is 2.58. The highest BCUT2D eigenvalue weighted by Crippen LogP contribution is 2.31. The van der Waals surface area contributed by atoms with Crippen molar-refractivity contribution in [1.29, 1.82) is 0 Å². The first-order chi connectivity index (χ1) is 11.8. The maximum absolute atomic E-state index is 14.0. The van der Waals surface area contributed by atoms with E-state index in [9.17, 15) is 9.50 Å². The highest BCUT2D eigenvalue weighted by atomic mass is 19.1. The molecule has 4 heteroatoms. The Balaban J connectivity index is 1.70. The number of rotatable bonds is 3. The topological polar surface area (TPSA) is 36.4 Å². The Kier molecular flexibility index (Phi) is 4.00. The van der Waals surface area contributed by atoms with Gasteiger partial charge < -0.3 is 5.11 Å². The van der Waals surface area contributed by atoms with Crippen molar-refractivity contribution in [2.75, 3.05) is 13.2 Å². The summed E-state index contributed by atoms with van der Waals surface area (Å²) in [5.74, 6) is -0.246. The molecule has 3 nitrogen and oxygen atoms in total. The van der Waals surface area contributed by atoms with Crippen LogP contribution >= 0.6 is 0 Å². The molecule has 0 radical (unpaired) electrons. The van der Waals surface area contributed by atoms with Crippen molar-refractivity contribution in [1.82, 2.24) is 9.88 Å². The number of hydrogen-bond acceptors (Lipinski definition) is 3. The number of pyridine rings is 1. The number of halogens is 1. The minimum Gasteiger partial charge on any atom is -0.394 e. The molecule has 0 aliphatic carbocycles. The SMILES string of the molecule is OCC1c2ccccc2CCN1Cc1ccc(F)c2cccnc12. The Morgan fingerprint density at radius 2 is 2.00 bits per heavy atom. The van der Waals surface area contributed by atoms with Crippen molar-refractivity contribution in [3.05, 3.63) is 77.2 Å². The maximum Gasteiger partial charge on any atom is 0.132 e. The Hall–Kier alpha value is -2.30. The number of aliphatic hydroxyl groups is 1. The molecule has 0 fully saturated rings. The second-order valence-corrected chi connectivity index (χ2v) is 6.22. The van der Waals surface area contributed by atoms with Gasteiger partial charge in [0, 0.05) is 24.7 Å². The number of nitrogens with zero attached hydrogens (tertiary/aromatic N) is 2. The molecule has 4 rings (SSSR count). The van der Waals surface area contributed by atoms with E-state index in [1.165, 1.54) is 17.2 Å². The highest BCUT2D eigenvalue weighted by Gasteiger charge is 2.27. The number of fused-ring (bicyclic) bond motifs is 2. The molecule has 24 heavy (non-hydrogen) atoms. The molecule has 0 bridgehead atoms. The van der Waals surface area contributed by atoms with Gasteiger partial charge in [0.15, 0.2) is 0 Å². The molecule has 0 saturated heterocycles. The Morgan fingerprint density at radius 1 is 1.12 bits per heavy atom. The van der Waals surface area contributed by atoms with Crippen LogP contribution in [0, 0.1) is 5.82 Å². The smallest absolute Gasteiger partial charge is 0.132 e. The molecule has 1 aliphatic rings. The monoisotopic (exact) mass is 322 g/mol. The van der Waals surface area contributed by atoms with E-state index in [2.05, 4.69) is 22.0 Å². The average molecular weight is 322 g/mol. The fourth-order valence-corrected chi connectivity index (χ4v) is 3.65. The van der Waals surface area contributed by atoms with Gasteiger partial charge in [-0.3, -0.25) is 9.88 Å². The fraction of sp³-hybridized carbons (Fsp3) is 0.250. The van der Waals surface area contributed by atoms with E-state index in [4.69, 9.17) is 0 Å². The number of aliphatic hydroxyl groups excluding tert-OH is 1. The van der Waals surface area contributed by atoms with Crippen LogP contribution in [-0.4, -0.2) is 28.1 Å². The fourth-order valence-electron chi connectivity index (χ4n) is 3.65. The highest BCUT2D eigenvalue weighted by molar-refractivity contribution is 5.82. The van der Waals surface area contributed by atoms with Gasteiger partial charge in [0.25, 0.3) is 0 Å². The van der Waals surface area contributed by atoms with E-state index >= 15 is 0 Å². The molecule has 2 heterocycles. The molecule has 3 aromatic rings. The van der Waals surface area contributed by atoms with Crippen LogP contribution in [0.25, 0.3) is 10.9 Å². The predicted molar refractivity (Wildman–Crippen MR) is 92.1 cm³/mol. The lowest BCUT2D eigenvalue weighted by Crippen LogP contribution is -2.36. The lowest BCUT2D eigenvalue weighted by Gasteiger charge is -2.36. The van der Waals surface area contributed by atoms with Gasteiger partial charge in [-0.2, -0.15) is 0 Å². The van der Waals surface area contributed by atoms with E-state index in [1.807, 2.05) is 12.1 Å². The Labute approximate surface area is 140 Å². The van der Waals surface area contributed by atoms with Gasteiger partial charge in [-0.15, -0.1) is 0 Å². The van der Waals surface area contributed by atoms with Crippen LogP contribution in [0.1, 0.15) is 22.7 Å². The van der Waals surface area contributed by atoms with Crippen molar-refractivity contribution < 1.29 is 9.50 Å². The molecule has 0 amide bonds. The van der Waals surface area contributed by atoms with Crippen molar-refractivity contribution in [3.63, 3.8) is 0 Å². The first kappa shape index (κ1) is 15.2. The van der Waals surface area contributed by atoms with Gasteiger partial charge in [-0.1, -0.05) is 30.3 Å². The Bertz CT molecular complexity index is 880. The lowest BCUT2D eigenvalue weighted by molar-refractivity contribution is 0.108. The summed E-state index contributed by atoms with van der Waals surface area (Å²) in [7, 11) is 0. The van der Waals surface area contributed by atoms with Crippen molar-refractivity contribution in [2.24, 2.45) is 0 Å². The van der Waals surface area contributed by atoms with Crippen molar-refractivity contribution in [3.8, 4) is 0 Å². The molecule has 1 atom stereocenters. The first-order valence-corrected chi connectivity index (χ1v) is 8.23. The predicted octanol–water partition coefficient (Wildman–Crippen LogP) is 3.47. The summed E-state index contributed by atoms with van der Waals surface area (Å²) in [6.07, 6.45) is 2.65. The average Bonchev–Trinajstić information content (AvgIpc) is 2.64. The number of aromatic nitrogens is 1. The summed E-state index contributed by atoms with van der Waals surface area (Å²) in [5, 5.41) is 10.5. The van der Waals surface area contributed by atoms with Crippen LogP contribution in [0.15, 0.2) is 54.7 Å². The minimum absolute atomic E-state index is 0.0289. The van der Waals surface area contributed by atoms with Gasteiger partial charge in [0.2, 0.25) is 0 Å². The molecular weight excluding hydrogens is 303 g/mol. The molecule has 0 spiro atoms. The van der Waals surface area contributed by atoms with Crippen LogP contribution < -0.4 is 0 Å². The molecule has 1 aromatic heterocycles. The number of benzene rings is 2. The molecule has 1 N–H and O–H groups in total. The van der Waals surface area contributed by atoms with Crippen molar-refractivity contribution >= 4 is 10.9 Å². The van der Waals surface area contributed by atoms with Gasteiger partial charge in [-0.05, 0) is 41.3 Å². The summed E-state index contributed by atoms with van der Waals surface area (Å²) in [4.78, 5) is 6.63. The first-order valence-electron chi connectivity index (χ1n) is 8.23. The lowest BCUT2D eigenvalue weighted by atomic mass is 9.92. The number of hydrogen-bond donors (Lipinski definition) is 1. The van der Waals surface area contributed by atoms with E-state index in [-0.39, 0.29) is 18.5 Å². The van der Waals surface area contributed by atoms with Gasteiger partial charge in [0.05, 0.1) is 18.2 Å². The second kappa shape index (κ2) is 6.30. The van der Waals surface area contributed by atoms with E-state index in [1.54, 1.807) is 24.4 Å². The van der Waals surface area contributed by atoms with Crippen LogP contribution in [0.5, 0.6) is 0 Å². The minimum atomic E-state index is -0.246. The molecule has 2 aromatic carbocycles. The molecule has 0 saturated carbocycles. The van der Waals surface area contributed by atoms with Crippen LogP contribution in [0.3, 0.4) is 0 Å². The van der Waals surface area contributed by atoms with Crippen LogP contribution in [0.2, 0.25) is 0 Å². The molecule has 122 valence electrons. The summed E-state index contributed by atoms with van der Waals surface area (Å²) in [6.45, 7) is 1.59. The van der Waals surface area contributed by atoms with Gasteiger partial charge in [-0.25, -0.2) is 4.39 Å². The zero-order valence-electron chi connectivity index (χ0n) is 13.3. The van der Waals surface area contributed by atoms with Crippen LogP contribution in [-0.2, 0) is 13.0 Å². The molecule has 1 unspecified atom stereocenters. The summed E-state index contributed by atoms with van der Waals surface area (Å²) >= 11 is 0. The summed E-state index contributed by atoms with van der Waals surface area (Å²) in [5.41, 5.74) is 4.18. The third-order valence-electron chi connectivity index (χ3n) is 4.87. The largest absolute Gasteiger partial charge is 0.394 e. The quantitative estimate of drug-likeness (QED) is 0.802. The van der Waals surface area contributed by atoms with Gasteiger partial charge in [0.1, 0.15) is 5.82 Å². The van der Waals surface area contributed by atoms with E-state index in [0.717, 1.165) is 18.5 Å². The summed E-state index contributed by atoms with van der Waals surface area (Å²) in [6, 6.07) is 15.1. The van der Waals surface area contributed by atoms with Gasteiger partial charge >= 0.3 is 0 Å². The normalized spacial score (nSPS) is 17.8. The third-order valence-corrected chi connectivity index (χ3v) is 4.87. The van der Waals surface area contributed by atoms with Crippen LogP contribution in [0.4, 0.5) is 4.39 Å². The standard InChI is InChI=1S/C20H19FN2O/c21-18-8-7-15(20-17(18)6-3-10-22-20)12-23-11-9-14-4-1-2-5-16(14)19(23)13-24/h1-8,10,19,24H,9,11-13H2. The zero-order valence-corrected chi connectivity index (χ0v) is 13.3. The molecular formula is C20H19FN2O. The van der Waals surface area contributed by atoms with E-state index in [0.29, 0.717) is 17.4 Å². The maximum atomic E-state index is 14.0. The Morgan fingerprint density at radius 3 is 2.88 bits per heavy atom.